The number of halogens is 1. The minimum absolute atomic E-state index is 0.137. The predicted molar refractivity (Wildman–Crippen MR) is 103 cm³/mol. The van der Waals surface area contributed by atoms with Crippen LogP contribution < -0.4 is 14.8 Å². The summed E-state index contributed by atoms with van der Waals surface area (Å²) in [6.07, 6.45) is 0. The fourth-order valence-corrected chi connectivity index (χ4v) is 2.56. The minimum atomic E-state index is -0.482. The van der Waals surface area contributed by atoms with Gasteiger partial charge in [0.05, 0.1) is 12.3 Å². The van der Waals surface area contributed by atoms with Crippen LogP contribution in [-0.4, -0.2) is 12.5 Å². The lowest BCUT2D eigenvalue weighted by molar-refractivity contribution is 0.102. The maximum absolute atomic E-state index is 13.8. The van der Waals surface area contributed by atoms with Crippen molar-refractivity contribution in [2.24, 2.45) is 0 Å². The van der Waals surface area contributed by atoms with Crippen LogP contribution in [0.4, 0.5) is 10.1 Å². The lowest BCUT2D eigenvalue weighted by Gasteiger charge is -2.13. The molecule has 0 saturated carbocycles. The van der Waals surface area contributed by atoms with Gasteiger partial charge in [0.2, 0.25) is 0 Å². The molecule has 0 unspecified atom stereocenters. The van der Waals surface area contributed by atoms with E-state index in [0.29, 0.717) is 17.9 Å². The second-order valence-electron chi connectivity index (χ2n) is 5.79. The third-order valence-corrected chi connectivity index (χ3v) is 3.88. The van der Waals surface area contributed by atoms with Gasteiger partial charge in [-0.25, -0.2) is 4.39 Å². The van der Waals surface area contributed by atoms with E-state index in [0.717, 1.165) is 11.3 Å². The van der Waals surface area contributed by atoms with Gasteiger partial charge in [-0.1, -0.05) is 30.3 Å². The second-order valence-corrected chi connectivity index (χ2v) is 5.79. The number of ether oxygens (including phenoxy) is 2. The van der Waals surface area contributed by atoms with Crippen LogP contribution in [0.2, 0.25) is 0 Å². The summed E-state index contributed by atoms with van der Waals surface area (Å²) in [7, 11) is 0. The molecule has 3 aromatic rings. The standard InChI is InChI=1S/C22H20FNO3/c1-2-26-21-13-12-16(22(25)24-20-11-7-6-10-19(20)23)14-17(21)15-27-18-8-4-3-5-9-18/h3-14H,2,15H2,1H3,(H,24,25). The Morgan fingerprint density at radius 3 is 2.44 bits per heavy atom. The SMILES string of the molecule is CCOc1ccc(C(=O)Nc2ccccc2F)cc1COc1ccccc1. The maximum atomic E-state index is 13.8. The molecule has 0 fully saturated rings. The highest BCUT2D eigenvalue weighted by atomic mass is 19.1. The average Bonchev–Trinajstić information content (AvgIpc) is 2.70. The number of para-hydroxylation sites is 2. The normalized spacial score (nSPS) is 10.3. The van der Waals surface area contributed by atoms with Gasteiger partial charge in [-0.3, -0.25) is 4.79 Å². The van der Waals surface area contributed by atoms with Crippen molar-refractivity contribution >= 4 is 11.6 Å². The molecule has 3 aromatic carbocycles. The molecule has 0 aliphatic heterocycles. The highest BCUT2D eigenvalue weighted by Gasteiger charge is 2.13. The Hall–Kier alpha value is -3.34. The largest absolute Gasteiger partial charge is 0.493 e. The summed E-state index contributed by atoms with van der Waals surface area (Å²) in [5.74, 6) is 0.491. The van der Waals surface area contributed by atoms with E-state index in [2.05, 4.69) is 5.32 Å². The van der Waals surface area contributed by atoms with Crippen molar-refractivity contribution in [2.75, 3.05) is 11.9 Å². The number of benzene rings is 3. The van der Waals surface area contributed by atoms with Crippen LogP contribution in [0.3, 0.4) is 0 Å². The Balaban J connectivity index is 1.79. The fourth-order valence-electron chi connectivity index (χ4n) is 2.56. The number of rotatable bonds is 7. The summed E-state index contributed by atoms with van der Waals surface area (Å²) < 4.78 is 25.2. The van der Waals surface area contributed by atoms with Crippen molar-refractivity contribution in [2.45, 2.75) is 13.5 Å². The molecular weight excluding hydrogens is 345 g/mol. The summed E-state index contributed by atoms with van der Waals surface area (Å²) in [5.41, 5.74) is 1.27. The molecule has 138 valence electrons. The van der Waals surface area contributed by atoms with Crippen molar-refractivity contribution in [1.29, 1.82) is 0 Å². The third kappa shape index (κ3) is 4.85. The van der Waals surface area contributed by atoms with Crippen LogP contribution in [0.5, 0.6) is 11.5 Å². The average molecular weight is 365 g/mol. The van der Waals surface area contributed by atoms with Gasteiger partial charge in [0.15, 0.2) is 0 Å². The molecular formula is C22H20FNO3. The topological polar surface area (TPSA) is 47.6 Å². The molecule has 5 heteroatoms. The molecule has 0 saturated heterocycles. The number of nitrogens with one attached hydrogen (secondary N) is 1. The second kappa shape index (κ2) is 8.85. The fraction of sp³-hybridized carbons (Fsp3) is 0.136. The van der Waals surface area contributed by atoms with Gasteiger partial charge in [0.1, 0.15) is 23.9 Å². The zero-order valence-corrected chi connectivity index (χ0v) is 14.9. The molecule has 3 rings (SSSR count). The predicted octanol–water partition coefficient (Wildman–Crippen LogP) is 5.06. The van der Waals surface area contributed by atoms with Crippen LogP contribution in [0.1, 0.15) is 22.8 Å². The van der Waals surface area contributed by atoms with E-state index in [9.17, 15) is 9.18 Å². The summed E-state index contributed by atoms with van der Waals surface area (Å²) in [6, 6.07) is 20.5. The van der Waals surface area contributed by atoms with Crippen LogP contribution in [0.15, 0.2) is 72.8 Å². The molecule has 0 heterocycles. The first-order valence-corrected chi connectivity index (χ1v) is 8.67. The highest BCUT2D eigenvalue weighted by molar-refractivity contribution is 6.04. The third-order valence-electron chi connectivity index (χ3n) is 3.88. The van der Waals surface area contributed by atoms with E-state index in [4.69, 9.17) is 9.47 Å². The Morgan fingerprint density at radius 2 is 1.70 bits per heavy atom. The number of hydrogen-bond acceptors (Lipinski definition) is 3. The number of anilines is 1. The molecule has 0 radical (unpaired) electrons. The first kappa shape index (κ1) is 18.5. The van der Waals surface area contributed by atoms with Crippen molar-refractivity contribution in [3.63, 3.8) is 0 Å². The Morgan fingerprint density at radius 1 is 0.963 bits per heavy atom. The monoisotopic (exact) mass is 365 g/mol. The van der Waals surface area contributed by atoms with Gasteiger partial charge in [-0.2, -0.15) is 0 Å². The summed E-state index contributed by atoms with van der Waals surface area (Å²) in [6.45, 7) is 2.64. The van der Waals surface area contributed by atoms with Gasteiger partial charge < -0.3 is 14.8 Å². The molecule has 4 nitrogen and oxygen atoms in total. The van der Waals surface area contributed by atoms with Crippen LogP contribution in [-0.2, 0) is 6.61 Å². The van der Waals surface area contributed by atoms with E-state index in [1.54, 1.807) is 30.3 Å². The number of carbonyl (C=O) groups is 1. The molecule has 0 aliphatic rings. The van der Waals surface area contributed by atoms with Gasteiger partial charge in [-0.15, -0.1) is 0 Å². The highest BCUT2D eigenvalue weighted by Crippen LogP contribution is 2.23. The Bertz CT molecular complexity index is 912. The van der Waals surface area contributed by atoms with Crippen molar-refractivity contribution < 1.29 is 18.7 Å². The zero-order chi connectivity index (χ0) is 19.1. The van der Waals surface area contributed by atoms with Crippen molar-refractivity contribution in [3.8, 4) is 11.5 Å². The smallest absolute Gasteiger partial charge is 0.255 e. The van der Waals surface area contributed by atoms with Crippen LogP contribution >= 0.6 is 0 Å². The van der Waals surface area contributed by atoms with E-state index in [-0.39, 0.29) is 12.3 Å². The minimum Gasteiger partial charge on any atom is -0.493 e. The van der Waals surface area contributed by atoms with Crippen LogP contribution in [0.25, 0.3) is 0 Å². The quantitative estimate of drug-likeness (QED) is 0.637. The van der Waals surface area contributed by atoms with E-state index in [1.807, 2.05) is 37.3 Å². The summed E-state index contributed by atoms with van der Waals surface area (Å²) >= 11 is 0. The molecule has 0 atom stereocenters. The van der Waals surface area contributed by atoms with Gasteiger partial charge in [0, 0.05) is 11.1 Å². The van der Waals surface area contributed by atoms with E-state index in [1.165, 1.54) is 12.1 Å². The van der Waals surface area contributed by atoms with Gasteiger partial charge >= 0.3 is 0 Å². The number of carbonyl (C=O) groups excluding carboxylic acids is 1. The van der Waals surface area contributed by atoms with E-state index >= 15 is 0 Å². The van der Waals surface area contributed by atoms with E-state index < -0.39 is 11.7 Å². The molecule has 1 amide bonds. The van der Waals surface area contributed by atoms with Gasteiger partial charge in [-0.05, 0) is 49.4 Å². The van der Waals surface area contributed by atoms with Crippen molar-refractivity contribution in [3.05, 3.63) is 89.7 Å². The zero-order valence-electron chi connectivity index (χ0n) is 14.9. The molecule has 0 bridgehead atoms. The maximum Gasteiger partial charge on any atom is 0.255 e. The molecule has 27 heavy (non-hydrogen) atoms. The molecule has 0 aromatic heterocycles. The Labute approximate surface area is 157 Å². The number of amides is 1. The summed E-state index contributed by atoms with van der Waals surface area (Å²) in [4.78, 5) is 12.5. The molecule has 0 aliphatic carbocycles. The van der Waals surface area contributed by atoms with Gasteiger partial charge in [0.25, 0.3) is 5.91 Å². The first-order chi connectivity index (χ1) is 13.2. The Kier molecular flexibility index (Phi) is 6.05. The lowest BCUT2D eigenvalue weighted by atomic mass is 10.1. The first-order valence-electron chi connectivity index (χ1n) is 8.67. The molecule has 1 N–H and O–H groups in total. The lowest BCUT2D eigenvalue weighted by Crippen LogP contribution is -2.14. The van der Waals surface area contributed by atoms with Crippen LogP contribution in [0, 0.1) is 5.82 Å². The summed E-state index contributed by atoms with van der Waals surface area (Å²) in [5, 5.41) is 2.58. The van der Waals surface area contributed by atoms with Crippen molar-refractivity contribution in [1.82, 2.24) is 0 Å². The molecule has 0 spiro atoms. The number of hydrogen-bond donors (Lipinski definition) is 1.